The molecular formula is C13H26N2O2. The Kier molecular flexibility index (Phi) is 4.95. The zero-order chi connectivity index (χ0) is 13.1. The Hall–Kier alpha value is -0.610. The molecule has 2 atom stereocenters. The Morgan fingerprint density at radius 2 is 2.18 bits per heavy atom. The average Bonchev–Trinajstić information content (AvgIpc) is 2.30. The summed E-state index contributed by atoms with van der Waals surface area (Å²) in [6, 6.07) is 0.517. The van der Waals surface area contributed by atoms with Crippen LogP contribution in [0.4, 0.5) is 0 Å². The molecule has 0 aliphatic heterocycles. The second kappa shape index (κ2) is 5.83. The highest BCUT2D eigenvalue weighted by Crippen LogP contribution is 2.45. The predicted molar refractivity (Wildman–Crippen MR) is 68.9 cm³/mol. The second-order valence-electron chi connectivity index (χ2n) is 5.42. The van der Waals surface area contributed by atoms with Gasteiger partial charge in [-0.15, -0.1) is 0 Å². The summed E-state index contributed by atoms with van der Waals surface area (Å²) in [5, 5.41) is 2.65. The Bertz CT molecular complexity index is 266. The SMILES string of the molecule is CCO[C@@H]1C[C@H](N(C)CCC(=O)NC)C1(C)C. The van der Waals surface area contributed by atoms with Crippen LogP contribution < -0.4 is 5.32 Å². The van der Waals surface area contributed by atoms with Gasteiger partial charge in [-0.25, -0.2) is 0 Å². The van der Waals surface area contributed by atoms with E-state index < -0.39 is 0 Å². The normalized spacial score (nSPS) is 26.7. The van der Waals surface area contributed by atoms with Crippen LogP contribution in [0.25, 0.3) is 0 Å². The minimum atomic E-state index is 0.107. The van der Waals surface area contributed by atoms with Crippen molar-refractivity contribution in [2.24, 2.45) is 5.41 Å². The predicted octanol–water partition coefficient (Wildman–Crippen LogP) is 1.26. The third-order valence-electron chi connectivity index (χ3n) is 4.00. The number of carbonyl (C=O) groups excluding carboxylic acids is 1. The first-order valence-corrected chi connectivity index (χ1v) is 6.45. The smallest absolute Gasteiger partial charge is 0.221 e. The van der Waals surface area contributed by atoms with Gasteiger partial charge in [0.2, 0.25) is 5.91 Å². The van der Waals surface area contributed by atoms with Gasteiger partial charge in [0.25, 0.3) is 0 Å². The van der Waals surface area contributed by atoms with E-state index in [0.29, 0.717) is 18.6 Å². The molecule has 1 aliphatic carbocycles. The fourth-order valence-corrected chi connectivity index (χ4v) is 2.66. The van der Waals surface area contributed by atoms with E-state index in [4.69, 9.17) is 4.74 Å². The Morgan fingerprint density at radius 3 is 2.65 bits per heavy atom. The van der Waals surface area contributed by atoms with Crippen molar-refractivity contribution >= 4 is 5.91 Å². The van der Waals surface area contributed by atoms with Crippen molar-refractivity contribution in [3.63, 3.8) is 0 Å². The lowest BCUT2D eigenvalue weighted by Gasteiger charge is -2.55. The highest BCUT2D eigenvalue weighted by Gasteiger charge is 2.50. The molecule has 0 bridgehead atoms. The molecule has 4 nitrogen and oxygen atoms in total. The summed E-state index contributed by atoms with van der Waals surface area (Å²) in [7, 11) is 3.78. The van der Waals surface area contributed by atoms with Gasteiger partial charge in [-0.2, -0.15) is 0 Å². The maximum absolute atomic E-state index is 11.2. The van der Waals surface area contributed by atoms with Gasteiger partial charge in [-0.05, 0) is 20.4 Å². The van der Waals surface area contributed by atoms with E-state index in [1.807, 2.05) is 6.92 Å². The van der Waals surface area contributed by atoms with Gasteiger partial charge in [0.05, 0.1) is 6.10 Å². The average molecular weight is 242 g/mol. The molecule has 0 radical (unpaired) electrons. The van der Waals surface area contributed by atoms with Crippen LogP contribution in [-0.2, 0) is 9.53 Å². The van der Waals surface area contributed by atoms with E-state index in [9.17, 15) is 4.79 Å². The number of hydrogen-bond donors (Lipinski definition) is 1. The molecule has 1 amide bonds. The van der Waals surface area contributed by atoms with E-state index in [1.54, 1.807) is 7.05 Å². The minimum Gasteiger partial charge on any atom is -0.378 e. The third kappa shape index (κ3) is 3.19. The van der Waals surface area contributed by atoms with E-state index in [0.717, 1.165) is 19.6 Å². The van der Waals surface area contributed by atoms with Gasteiger partial charge in [0.1, 0.15) is 0 Å². The van der Waals surface area contributed by atoms with Gasteiger partial charge in [-0.1, -0.05) is 13.8 Å². The molecule has 17 heavy (non-hydrogen) atoms. The molecule has 0 unspecified atom stereocenters. The Morgan fingerprint density at radius 1 is 1.53 bits per heavy atom. The van der Waals surface area contributed by atoms with E-state index in [1.165, 1.54) is 0 Å². The van der Waals surface area contributed by atoms with Crippen LogP contribution in [0.1, 0.15) is 33.6 Å². The second-order valence-corrected chi connectivity index (χ2v) is 5.42. The highest BCUT2D eigenvalue weighted by atomic mass is 16.5. The van der Waals surface area contributed by atoms with Crippen molar-refractivity contribution < 1.29 is 9.53 Å². The van der Waals surface area contributed by atoms with Crippen molar-refractivity contribution in [1.82, 2.24) is 10.2 Å². The van der Waals surface area contributed by atoms with Gasteiger partial charge >= 0.3 is 0 Å². The van der Waals surface area contributed by atoms with E-state index in [2.05, 4.69) is 31.1 Å². The summed E-state index contributed by atoms with van der Waals surface area (Å²) in [6.45, 7) is 8.13. The van der Waals surface area contributed by atoms with Crippen LogP contribution in [0.2, 0.25) is 0 Å². The Balaban J connectivity index is 2.39. The molecule has 1 saturated carbocycles. The molecule has 0 saturated heterocycles. The van der Waals surface area contributed by atoms with Gasteiger partial charge in [0.15, 0.2) is 0 Å². The number of hydrogen-bond acceptors (Lipinski definition) is 3. The van der Waals surface area contributed by atoms with E-state index in [-0.39, 0.29) is 11.3 Å². The molecule has 0 heterocycles. The number of carbonyl (C=O) groups is 1. The molecule has 0 spiro atoms. The topological polar surface area (TPSA) is 41.6 Å². The summed E-state index contributed by atoms with van der Waals surface area (Å²) in [4.78, 5) is 13.5. The van der Waals surface area contributed by atoms with Crippen molar-refractivity contribution in [3.05, 3.63) is 0 Å². The lowest BCUT2D eigenvalue weighted by Crippen LogP contribution is -2.61. The molecule has 4 heteroatoms. The number of ether oxygens (including phenoxy) is 1. The van der Waals surface area contributed by atoms with Crippen LogP contribution in [0.3, 0.4) is 0 Å². The number of rotatable bonds is 6. The van der Waals surface area contributed by atoms with Crippen LogP contribution in [-0.4, -0.2) is 50.2 Å². The quantitative estimate of drug-likeness (QED) is 0.762. The number of nitrogens with one attached hydrogen (secondary N) is 1. The zero-order valence-corrected chi connectivity index (χ0v) is 11.7. The standard InChI is InChI=1S/C13H26N2O2/c1-6-17-11-9-10(13(11,2)3)15(5)8-7-12(16)14-4/h10-11H,6-9H2,1-5H3,(H,14,16)/t10-,11+/m0/s1. The molecule has 0 aromatic rings. The molecule has 0 aromatic heterocycles. The van der Waals surface area contributed by atoms with Gasteiger partial charge in [-0.3, -0.25) is 4.79 Å². The van der Waals surface area contributed by atoms with Crippen LogP contribution >= 0.6 is 0 Å². The van der Waals surface area contributed by atoms with Gasteiger partial charge in [0, 0.05) is 38.1 Å². The summed E-state index contributed by atoms with van der Waals surface area (Å²) < 4.78 is 5.71. The van der Waals surface area contributed by atoms with E-state index >= 15 is 0 Å². The van der Waals surface area contributed by atoms with Crippen LogP contribution in [0.15, 0.2) is 0 Å². The number of nitrogens with zero attached hydrogens (tertiary/aromatic N) is 1. The third-order valence-corrected chi connectivity index (χ3v) is 4.00. The zero-order valence-electron chi connectivity index (χ0n) is 11.7. The van der Waals surface area contributed by atoms with Crippen LogP contribution in [0.5, 0.6) is 0 Å². The highest BCUT2D eigenvalue weighted by molar-refractivity contribution is 5.75. The maximum Gasteiger partial charge on any atom is 0.221 e. The first-order valence-electron chi connectivity index (χ1n) is 6.45. The number of amides is 1. The monoisotopic (exact) mass is 242 g/mol. The molecule has 1 N–H and O–H groups in total. The van der Waals surface area contributed by atoms with Crippen molar-refractivity contribution in [1.29, 1.82) is 0 Å². The minimum absolute atomic E-state index is 0.107. The van der Waals surface area contributed by atoms with Crippen molar-refractivity contribution in [2.75, 3.05) is 27.2 Å². The van der Waals surface area contributed by atoms with Crippen LogP contribution in [0, 0.1) is 5.41 Å². The summed E-state index contributed by atoms with van der Waals surface area (Å²) in [5.41, 5.74) is 0.188. The molecule has 100 valence electrons. The maximum atomic E-state index is 11.2. The molecule has 0 aromatic carbocycles. The summed E-state index contributed by atoms with van der Waals surface area (Å²) in [5.74, 6) is 0.107. The molecule has 1 rings (SSSR count). The largest absolute Gasteiger partial charge is 0.378 e. The molecule has 1 aliphatic rings. The molecular weight excluding hydrogens is 216 g/mol. The first kappa shape index (κ1) is 14.5. The first-order chi connectivity index (χ1) is 7.93. The fraction of sp³-hybridized carbons (Fsp3) is 0.923. The van der Waals surface area contributed by atoms with Crippen molar-refractivity contribution in [3.8, 4) is 0 Å². The molecule has 1 fully saturated rings. The summed E-state index contributed by atoms with van der Waals surface area (Å²) >= 11 is 0. The van der Waals surface area contributed by atoms with Gasteiger partial charge < -0.3 is 15.0 Å². The van der Waals surface area contributed by atoms with Crippen molar-refractivity contribution in [2.45, 2.75) is 45.8 Å². The lowest BCUT2D eigenvalue weighted by atomic mass is 9.64. The summed E-state index contributed by atoms with van der Waals surface area (Å²) in [6.07, 6.45) is 2.00. The lowest BCUT2D eigenvalue weighted by molar-refractivity contribution is -0.146. The Labute approximate surface area is 105 Å². The fourth-order valence-electron chi connectivity index (χ4n) is 2.66.